The minimum absolute atomic E-state index is 0.214. The molecular weight excluding hydrogens is 354 g/mol. The minimum Gasteiger partial charge on any atom is -0.482 e. The molecule has 0 unspecified atom stereocenters. The van der Waals surface area contributed by atoms with Gasteiger partial charge in [-0.1, -0.05) is 17.7 Å². The maximum Gasteiger partial charge on any atom is 0.336 e. The zero-order chi connectivity index (χ0) is 18.8. The molecule has 0 aliphatic rings. The van der Waals surface area contributed by atoms with Crippen LogP contribution in [0.1, 0.15) is 16.7 Å². The molecule has 0 saturated carbocycles. The highest BCUT2D eigenvalue weighted by Gasteiger charge is 2.11. The Morgan fingerprint density at radius 3 is 2.58 bits per heavy atom. The van der Waals surface area contributed by atoms with Gasteiger partial charge in [-0.05, 0) is 55.7 Å². The first-order valence-corrected chi connectivity index (χ1v) is 8.45. The molecule has 0 bridgehead atoms. The second-order valence-electron chi connectivity index (χ2n) is 6.16. The van der Waals surface area contributed by atoms with Gasteiger partial charge in [-0.25, -0.2) is 4.79 Å². The summed E-state index contributed by atoms with van der Waals surface area (Å²) in [5.74, 6) is -0.0294. The highest BCUT2D eigenvalue weighted by Crippen LogP contribution is 2.31. The Hall–Kier alpha value is -2.79. The molecule has 5 nitrogen and oxygen atoms in total. The molecule has 0 radical (unpaired) electrons. The van der Waals surface area contributed by atoms with Gasteiger partial charge < -0.3 is 14.5 Å². The van der Waals surface area contributed by atoms with E-state index in [0.29, 0.717) is 16.3 Å². The number of hydrogen-bond acceptors (Lipinski definition) is 4. The second-order valence-corrected chi connectivity index (χ2v) is 6.57. The third-order valence-electron chi connectivity index (χ3n) is 4.15. The molecule has 0 aliphatic heterocycles. The van der Waals surface area contributed by atoms with Crippen molar-refractivity contribution in [1.82, 2.24) is 0 Å². The van der Waals surface area contributed by atoms with Crippen LogP contribution in [-0.4, -0.2) is 12.5 Å². The number of aryl methyl sites for hydroxylation is 3. The van der Waals surface area contributed by atoms with Crippen molar-refractivity contribution in [3.8, 4) is 5.75 Å². The summed E-state index contributed by atoms with van der Waals surface area (Å²) in [6.45, 7) is 5.57. The predicted molar refractivity (Wildman–Crippen MR) is 102 cm³/mol. The second kappa shape index (κ2) is 7.22. The van der Waals surface area contributed by atoms with E-state index < -0.39 is 5.63 Å². The van der Waals surface area contributed by atoms with Crippen molar-refractivity contribution >= 4 is 34.2 Å². The average Bonchev–Trinajstić information content (AvgIpc) is 2.57. The van der Waals surface area contributed by atoms with E-state index in [1.165, 1.54) is 12.1 Å². The van der Waals surface area contributed by atoms with Crippen LogP contribution in [0.2, 0.25) is 5.02 Å². The van der Waals surface area contributed by atoms with Gasteiger partial charge in [0.1, 0.15) is 11.3 Å². The van der Waals surface area contributed by atoms with Gasteiger partial charge in [0, 0.05) is 23.2 Å². The van der Waals surface area contributed by atoms with Crippen LogP contribution < -0.4 is 15.7 Å². The molecule has 1 amide bonds. The zero-order valence-corrected chi connectivity index (χ0v) is 15.4. The zero-order valence-electron chi connectivity index (χ0n) is 14.7. The monoisotopic (exact) mass is 371 g/mol. The molecule has 0 saturated heterocycles. The van der Waals surface area contributed by atoms with Crippen LogP contribution in [0.25, 0.3) is 11.0 Å². The Morgan fingerprint density at radius 2 is 1.85 bits per heavy atom. The van der Waals surface area contributed by atoms with Crippen molar-refractivity contribution < 1.29 is 13.9 Å². The lowest BCUT2D eigenvalue weighted by Crippen LogP contribution is -2.20. The first kappa shape index (κ1) is 18.0. The number of anilines is 1. The van der Waals surface area contributed by atoms with Crippen LogP contribution in [0.3, 0.4) is 0 Å². The molecule has 0 atom stereocenters. The Bertz CT molecular complexity index is 1060. The van der Waals surface area contributed by atoms with E-state index in [4.69, 9.17) is 20.8 Å². The summed E-state index contributed by atoms with van der Waals surface area (Å²) in [4.78, 5) is 23.6. The highest BCUT2D eigenvalue weighted by atomic mass is 35.5. The summed E-state index contributed by atoms with van der Waals surface area (Å²) in [7, 11) is 0. The number of amides is 1. The maximum absolute atomic E-state index is 12.1. The summed E-state index contributed by atoms with van der Waals surface area (Å²) in [6.07, 6.45) is 0. The Balaban J connectivity index is 1.74. The molecule has 134 valence electrons. The van der Waals surface area contributed by atoms with E-state index in [9.17, 15) is 9.59 Å². The van der Waals surface area contributed by atoms with Crippen molar-refractivity contribution in [3.05, 3.63) is 68.5 Å². The van der Waals surface area contributed by atoms with Crippen LogP contribution in [0.5, 0.6) is 5.75 Å². The minimum atomic E-state index is -0.448. The molecule has 2 aromatic carbocycles. The predicted octanol–water partition coefficient (Wildman–Crippen LogP) is 4.39. The molecule has 0 aliphatic carbocycles. The summed E-state index contributed by atoms with van der Waals surface area (Å²) in [6, 6.07) is 10.3. The van der Waals surface area contributed by atoms with Crippen molar-refractivity contribution in [2.45, 2.75) is 20.8 Å². The molecule has 3 rings (SSSR count). The standard InChI is InChI=1S/C20H18ClNO4/c1-11-4-5-14(6-12(11)2)22-19(23)10-25-18-9-17-15(8-16(18)21)13(3)7-20(24)26-17/h4-9H,10H2,1-3H3,(H,22,23). The van der Waals surface area contributed by atoms with E-state index in [2.05, 4.69) is 5.32 Å². The number of halogens is 1. The normalized spacial score (nSPS) is 10.8. The third kappa shape index (κ3) is 3.89. The first-order valence-electron chi connectivity index (χ1n) is 8.07. The lowest BCUT2D eigenvalue weighted by atomic mass is 10.1. The van der Waals surface area contributed by atoms with Crippen molar-refractivity contribution in [3.63, 3.8) is 0 Å². The number of carbonyl (C=O) groups excluding carboxylic acids is 1. The van der Waals surface area contributed by atoms with E-state index in [0.717, 1.165) is 22.1 Å². The molecule has 1 aromatic heterocycles. The van der Waals surface area contributed by atoms with Crippen LogP contribution in [0.4, 0.5) is 5.69 Å². The first-order chi connectivity index (χ1) is 12.3. The molecule has 6 heteroatoms. The lowest BCUT2D eigenvalue weighted by molar-refractivity contribution is -0.118. The van der Waals surface area contributed by atoms with Gasteiger partial charge in [0.05, 0.1) is 5.02 Å². The Labute approximate surface area is 155 Å². The number of nitrogens with one attached hydrogen (secondary N) is 1. The number of ether oxygens (including phenoxy) is 1. The summed E-state index contributed by atoms with van der Waals surface area (Å²) < 4.78 is 10.7. The Morgan fingerprint density at radius 1 is 1.08 bits per heavy atom. The fraction of sp³-hybridized carbons (Fsp3) is 0.200. The fourth-order valence-corrected chi connectivity index (χ4v) is 2.81. The molecular formula is C20H18ClNO4. The summed E-state index contributed by atoms with van der Waals surface area (Å²) in [5.41, 5.74) is 3.62. The van der Waals surface area contributed by atoms with Gasteiger partial charge in [0.15, 0.2) is 6.61 Å². The van der Waals surface area contributed by atoms with Gasteiger partial charge in [0.25, 0.3) is 5.91 Å². The molecule has 3 aromatic rings. The van der Waals surface area contributed by atoms with Crippen LogP contribution in [0, 0.1) is 20.8 Å². The molecule has 26 heavy (non-hydrogen) atoms. The van der Waals surface area contributed by atoms with Crippen LogP contribution in [-0.2, 0) is 4.79 Å². The maximum atomic E-state index is 12.1. The summed E-state index contributed by atoms with van der Waals surface area (Å²) >= 11 is 6.22. The van der Waals surface area contributed by atoms with Crippen LogP contribution >= 0.6 is 11.6 Å². The Kier molecular flexibility index (Phi) is 5.00. The molecule has 0 spiro atoms. The lowest BCUT2D eigenvalue weighted by Gasteiger charge is -2.11. The average molecular weight is 372 g/mol. The molecule has 1 heterocycles. The SMILES string of the molecule is Cc1ccc(NC(=O)COc2cc3oc(=O)cc(C)c3cc2Cl)cc1C. The summed E-state index contributed by atoms with van der Waals surface area (Å²) in [5, 5.41) is 3.84. The van der Waals surface area contributed by atoms with Crippen LogP contribution in [0.15, 0.2) is 45.6 Å². The van der Waals surface area contributed by atoms with E-state index in [1.54, 1.807) is 13.0 Å². The number of hydrogen-bond donors (Lipinski definition) is 1. The largest absolute Gasteiger partial charge is 0.482 e. The number of carbonyl (C=O) groups is 1. The smallest absolute Gasteiger partial charge is 0.336 e. The van der Waals surface area contributed by atoms with Gasteiger partial charge >= 0.3 is 5.63 Å². The van der Waals surface area contributed by atoms with E-state index >= 15 is 0 Å². The highest BCUT2D eigenvalue weighted by molar-refractivity contribution is 6.32. The van der Waals surface area contributed by atoms with Gasteiger partial charge in [-0.15, -0.1) is 0 Å². The van der Waals surface area contributed by atoms with E-state index in [1.807, 2.05) is 32.0 Å². The van der Waals surface area contributed by atoms with Gasteiger partial charge in [0.2, 0.25) is 0 Å². The molecule has 0 fully saturated rings. The third-order valence-corrected chi connectivity index (χ3v) is 4.45. The number of rotatable bonds is 4. The van der Waals surface area contributed by atoms with Gasteiger partial charge in [-0.3, -0.25) is 4.79 Å². The topological polar surface area (TPSA) is 68.5 Å². The molecule has 1 N–H and O–H groups in total. The van der Waals surface area contributed by atoms with E-state index in [-0.39, 0.29) is 18.3 Å². The van der Waals surface area contributed by atoms with Crippen molar-refractivity contribution in [2.24, 2.45) is 0 Å². The fourth-order valence-electron chi connectivity index (χ4n) is 2.59. The quantitative estimate of drug-likeness (QED) is 0.690. The van der Waals surface area contributed by atoms with Crippen molar-refractivity contribution in [1.29, 1.82) is 0 Å². The van der Waals surface area contributed by atoms with Gasteiger partial charge in [-0.2, -0.15) is 0 Å². The number of fused-ring (bicyclic) bond motifs is 1. The van der Waals surface area contributed by atoms with Crippen molar-refractivity contribution in [2.75, 3.05) is 11.9 Å². The number of benzene rings is 2.